The van der Waals surface area contributed by atoms with Crippen LogP contribution in [0.1, 0.15) is 35.5 Å². The molecule has 0 radical (unpaired) electrons. The highest BCUT2D eigenvalue weighted by atomic mass is 19.4. The first-order valence-corrected chi connectivity index (χ1v) is 12.3. The van der Waals surface area contributed by atoms with Crippen molar-refractivity contribution in [3.8, 4) is 11.1 Å². The molecule has 3 aromatic rings. The van der Waals surface area contributed by atoms with Gasteiger partial charge >= 0.3 is 6.18 Å². The van der Waals surface area contributed by atoms with Crippen LogP contribution in [0.15, 0.2) is 42.7 Å². The number of aromatic nitrogens is 2. The van der Waals surface area contributed by atoms with Crippen molar-refractivity contribution in [1.82, 2.24) is 9.97 Å². The maximum Gasteiger partial charge on any atom is 0.436 e. The van der Waals surface area contributed by atoms with Crippen LogP contribution in [-0.2, 0) is 15.7 Å². The van der Waals surface area contributed by atoms with E-state index in [0.29, 0.717) is 49.8 Å². The highest BCUT2D eigenvalue weighted by Gasteiger charge is 2.37. The van der Waals surface area contributed by atoms with E-state index in [4.69, 9.17) is 4.74 Å². The highest BCUT2D eigenvalue weighted by molar-refractivity contribution is 6.05. The maximum absolute atomic E-state index is 14.4. The number of pyridine rings is 2. The van der Waals surface area contributed by atoms with Crippen LogP contribution in [-0.4, -0.2) is 54.6 Å². The molecule has 2 amide bonds. The zero-order valence-corrected chi connectivity index (χ0v) is 21.6. The number of hydrogen-bond acceptors (Lipinski definition) is 6. The monoisotopic (exact) mass is 545 g/mol. The molecular weight excluding hydrogens is 518 g/mol. The second-order valence-electron chi connectivity index (χ2n) is 8.93. The van der Waals surface area contributed by atoms with E-state index < -0.39 is 29.2 Å². The molecule has 1 aromatic carbocycles. The van der Waals surface area contributed by atoms with Crippen molar-refractivity contribution < 1.29 is 31.9 Å². The highest BCUT2D eigenvalue weighted by Crippen LogP contribution is 2.35. The molecule has 8 nitrogen and oxygen atoms in total. The molecule has 1 fully saturated rings. The third-order valence-corrected chi connectivity index (χ3v) is 6.36. The van der Waals surface area contributed by atoms with Gasteiger partial charge in [0, 0.05) is 50.2 Å². The number of alkyl halides is 3. The topological polar surface area (TPSA) is 87.7 Å². The van der Waals surface area contributed by atoms with Crippen LogP contribution in [0.4, 0.5) is 34.8 Å². The van der Waals surface area contributed by atoms with Crippen LogP contribution in [0, 0.1) is 12.7 Å². The lowest BCUT2D eigenvalue weighted by molar-refractivity contribution is -0.143. The number of benzene rings is 1. The zero-order chi connectivity index (χ0) is 28.3. The van der Waals surface area contributed by atoms with Gasteiger partial charge < -0.3 is 15.0 Å². The van der Waals surface area contributed by atoms with Crippen LogP contribution in [0.5, 0.6) is 0 Å². The van der Waals surface area contributed by atoms with Gasteiger partial charge in [-0.25, -0.2) is 14.4 Å². The van der Waals surface area contributed by atoms with E-state index >= 15 is 0 Å². The summed E-state index contributed by atoms with van der Waals surface area (Å²) in [7, 11) is 0. The number of ether oxygens (including phenoxy) is 1. The van der Waals surface area contributed by atoms with Crippen LogP contribution >= 0.6 is 0 Å². The largest absolute Gasteiger partial charge is 0.436 e. The number of hydrogen-bond donors (Lipinski definition) is 1. The number of aryl methyl sites for hydroxylation is 1. The van der Waals surface area contributed by atoms with Gasteiger partial charge in [-0.2, -0.15) is 13.2 Å². The van der Waals surface area contributed by atoms with E-state index in [1.54, 1.807) is 29.3 Å². The number of anilines is 3. The fourth-order valence-electron chi connectivity index (χ4n) is 4.39. The quantitative estimate of drug-likeness (QED) is 0.435. The smallest absolute Gasteiger partial charge is 0.378 e. The Labute approximate surface area is 222 Å². The van der Waals surface area contributed by atoms with E-state index in [-0.39, 0.29) is 11.6 Å². The fraction of sp³-hybridized carbons (Fsp3) is 0.333. The fourth-order valence-corrected chi connectivity index (χ4v) is 4.39. The summed E-state index contributed by atoms with van der Waals surface area (Å²) in [6.45, 7) is 7.90. The molecule has 2 aromatic heterocycles. The Morgan fingerprint density at radius 2 is 1.85 bits per heavy atom. The number of carbonyl (C=O) groups is 2. The molecule has 0 aliphatic carbocycles. The number of nitrogens with one attached hydrogen (secondary N) is 1. The van der Waals surface area contributed by atoms with Gasteiger partial charge in [-0.05, 0) is 49.2 Å². The summed E-state index contributed by atoms with van der Waals surface area (Å²) >= 11 is 0. The number of carbonyl (C=O) groups excluding carboxylic acids is 2. The average molecular weight is 546 g/mol. The normalized spacial score (nSPS) is 13.8. The molecule has 0 saturated carbocycles. The number of amides is 2. The van der Waals surface area contributed by atoms with E-state index in [1.165, 1.54) is 6.92 Å². The molecule has 206 valence electrons. The third kappa shape index (κ3) is 6.00. The van der Waals surface area contributed by atoms with E-state index in [9.17, 15) is 27.2 Å². The zero-order valence-electron chi connectivity index (χ0n) is 21.6. The summed E-state index contributed by atoms with van der Waals surface area (Å²) in [5.41, 5.74) is 0.698. The van der Waals surface area contributed by atoms with Crippen LogP contribution < -0.4 is 15.1 Å². The Kier molecular flexibility index (Phi) is 8.14. The van der Waals surface area contributed by atoms with Gasteiger partial charge in [-0.3, -0.25) is 14.5 Å². The van der Waals surface area contributed by atoms with Gasteiger partial charge in [0.25, 0.3) is 5.91 Å². The van der Waals surface area contributed by atoms with E-state index in [0.717, 1.165) is 23.5 Å². The van der Waals surface area contributed by atoms with Crippen molar-refractivity contribution >= 4 is 29.0 Å². The van der Waals surface area contributed by atoms with Gasteiger partial charge in [0.1, 0.15) is 0 Å². The number of rotatable bonds is 6. The van der Waals surface area contributed by atoms with Crippen molar-refractivity contribution in [3.63, 3.8) is 0 Å². The molecule has 0 spiro atoms. The Morgan fingerprint density at radius 1 is 1.13 bits per heavy atom. The summed E-state index contributed by atoms with van der Waals surface area (Å²) in [5.74, 6) is -2.41. The molecule has 3 heterocycles. The minimum Gasteiger partial charge on any atom is -0.378 e. The molecule has 0 unspecified atom stereocenters. The van der Waals surface area contributed by atoms with Crippen molar-refractivity contribution in [3.05, 3.63) is 65.4 Å². The Balaban J connectivity index is 1.70. The van der Waals surface area contributed by atoms with Gasteiger partial charge in [-0.1, -0.05) is 6.07 Å². The number of halogens is 4. The van der Waals surface area contributed by atoms with Gasteiger partial charge in [0.05, 0.1) is 24.5 Å². The molecule has 1 N–H and O–H groups in total. The lowest BCUT2D eigenvalue weighted by Crippen LogP contribution is -2.38. The van der Waals surface area contributed by atoms with Crippen molar-refractivity contribution in [2.24, 2.45) is 0 Å². The van der Waals surface area contributed by atoms with Crippen molar-refractivity contribution in [1.29, 1.82) is 0 Å². The molecule has 1 saturated heterocycles. The molecule has 1 aliphatic rings. The Hall–Kier alpha value is -4.06. The molecule has 39 heavy (non-hydrogen) atoms. The predicted molar refractivity (Wildman–Crippen MR) is 138 cm³/mol. The van der Waals surface area contributed by atoms with Gasteiger partial charge in [0.2, 0.25) is 5.91 Å². The minimum absolute atomic E-state index is 0.148. The lowest BCUT2D eigenvalue weighted by Gasteiger charge is -2.32. The first-order valence-electron chi connectivity index (χ1n) is 12.3. The van der Waals surface area contributed by atoms with Gasteiger partial charge in [-0.15, -0.1) is 0 Å². The molecule has 12 heteroatoms. The molecule has 4 rings (SSSR count). The summed E-state index contributed by atoms with van der Waals surface area (Å²) in [6.07, 6.45) is -2.68. The molecular formula is C27H27F4N5O3. The van der Waals surface area contributed by atoms with Crippen molar-refractivity contribution in [2.45, 2.75) is 26.9 Å². The van der Waals surface area contributed by atoms with Crippen LogP contribution in [0.25, 0.3) is 11.1 Å². The molecule has 1 aliphatic heterocycles. The summed E-state index contributed by atoms with van der Waals surface area (Å²) in [4.78, 5) is 36.3. The second-order valence-corrected chi connectivity index (χ2v) is 8.93. The van der Waals surface area contributed by atoms with Crippen LogP contribution in [0.3, 0.4) is 0 Å². The second kappa shape index (κ2) is 11.4. The predicted octanol–water partition coefficient (Wildman–Crippen LogP) is 5.07. The minimum atomic E-state index is -5.04. The van der Waals surface area contributed by atoms with Crippen molar-refractivity contribution in [2.75, 3.05) is 48.0 Å². The molecule has 0 atom stereocenters. The first-order chi connectivity index (χ1) is 18.5. The summed E-state index contributed by atoms with van der Waals surface area (Å²) < 4.78 is 59.1. The summed E-state index contributed by atoms with van der Waals surface area (Å²) in [6, 6.07) is 7.73. The SMILES string of the molecule is CCN(C(C)=O)c1ncc(-c2cc(NC(=O)c3ccnc(C(F)(F)F)c3F)ccc2C)cc1N1CCOCC1. The number of morpholine rings is 1. The van der Waals surface area contributed by atoms with Gasteiger partial charge in [0.15, 0.2) is 17.3 Å². The summed E-state index contributed by atoms with van der Waals surface area (Å²) in [5, 5.41) is 2.47. The third-order valence-electron chi connectivity index (χ3n) is 6.36. The first kappa shape index (κ1) is 28.0. The van der Waals surface area contributed by atoms with E-state index in [2.05, 4.69) is 20.2 Å². The van der Waals surface area contributed by atoms with Crippen LogP contribution in [0.2, 0.25) is 0 Å². The Morgan fingerprint density at radius 3 is 2.49 bits per heavy atom. The maximum atomic E-state index is 14.4. The average Bonchev–Trinajstić information content (AvgIpc) is 2.90. The standard InChI is InChI=1S/C27H27F4N5O3/c1-4-36(17(3)37)25-22(35-9-11-39-12-10-35)13-18(15-33-25)21-14-19(6-5-16(21)2)34-26(38)20-7-8-32-24(23(20)28)27(29,30)31/h5-8,13-15H,4,9-12H2,1-3H3,(H,34,38). The Bertz CT molecular complexity index is 1390. The van der Waals surface area contributed by atoms with E-state index in [1.807, 2.05) is 19.9 Å². The number of nitrogens with zero attached hydrogens (tertiary/aromatic N) is 4. The molecule has 0 bridgehead atoms. The lowest BCUT2D eigenvalue weighted by atomic mass is 10.00.